The van der Waals surface area contributed by atoms with Crippen LogP contribution < -0.4 is 30.3 Å². The number of benzene rings is 4. The number of amides is 3. The molecule has 5 aromatic rings. The molecule has 5 aliphatic heterocycles. The second kappa shape index (κ2) is 15.9. The number of imide groups is 1. The summed E-state index contributed by atoms with van der Waals surface area (Å²) in [5.41, 5.74) is 4.77. The highest BCUT2D eigenvalue weighted by molar-refractivity contribution is 6.05. The van der Waals surface area contributed by atoms with Crippen LogP contribution in [-0.4, -0.2) is 108 Å². The number of hydrogen-bond acceptors (Lipinski definition) is 11. The number of hydrogen-bond donors (Lipinski definition) is 1. The van der Waals surface area contributed by atoms with Gasteiger partial charge in [-0.1, -0.05) is 0 Å². The van der Waals surface area contributed by atoms with Crippen LogP contribution in [0.25, 0.3) is 16.6 Å². The van der Waals surface area contributed by atoms with E-state index in [9.17, 15) is 28.8 Å². The third-order valence-electron chi connectivity index (χ3n) is 12.8. The van der Waals surface area contributed by atoms with Gasteiger partial charge in [0.1, 0.15) is 35.9 Å². The molecule has 10 rings (SSSR count). The molecule has 4 fully saturated rings. The fourth-order valence-electron chi connectivity index (χ4n) is 9.45. The molecule has 62 heavy (non-hydrogen) atoms. The van der Waals surface area contributed by atoms with Crippen LogP contribution in [0.3, 0.4) is 0 Å². The van der Waals surface area contributed by atoms with Gasteiger partial charge in [-0.15, -0.1) is 0 Å². The highest BCUT2D eigenvalue weighted by Crippen LogP contribution is 2.37. The van der Waals surface area contributed by atoms with Gasteiger partial charge in [-0.25, -0.2) is 13.8 Å². The van der Waals surface area contributed by atoms with Gasteiger partial charge in [0.05, 0.1) is 22.3 Å². The third-order valence-corrected chi connectivity index (χ3v) is 12.8. The number of carbonyl (C=O) groups is 3. The van der Waals surface area contributed by atoms with Crippen LogP contribution in [-0.2, 0) is 16.1 Å². The number of nitrogens with zero attached hydrogens (tertiary/aromatic N) is 8. The summed E-state index contributed by atoms with van der Waals surface area (Å²) in [6.45, 7) is 7.33. The molecule has 0 unspecified atom stereocenters. The fourth-order valence-corrected chi connectivity index (χ4v) is 9.45. The highest BCUT2D eigenvalue weighted by atomic mass is 19.1. The van der Waals surface area contributed by atoms with Crippen LogP contribution in [0.15, 0.2) is 83.9 Å². The molecular weight excluding hydrogens is 797 g/mol. The van der Waals surface area contributed by atoms with E-state index >= 15 is 4.39 Å². The lowest BCUT2D eigenvalue weighted by molar-refractivity contribution is -0.136. The Balaban J connectivity index is 0.740. The summed E-state index contributed by atoms with van der Waals surface area (Å²) < 4.78 is 36.4. The number of aromatic nitrogens is 2. The van der Waals surface area contributed by atoms with Crippen LogP contribution in [0.2, 0.25) is 0 Å². The molecule has 0 aliphatic carbocycles. The maximum Gasteiger partial charge on any atom is 0.265 e. The number of alkyl halides is 1. The molecule has 16 heteroatoms. The Morgan fingerprint density at radius 2 is 1.60 bits per heavy atom. The zero-order chi connectivity index (χ0) is 42.6. The lowest BCUT2D eigenvalue weighted by atomic mass is 9.97. The molecule has 1 N–H and O–H groups in total. The van der Waals surface area contributed by atoms with Gasteiger partial charge in [-0.2, -0.15) is 5.26 Å². The zero-order valence-corrected chi connectivity index (χ0v) is 33.8. The molecule has 0 radical (unpaired) electrons. The number of piperazine rings is 1. The maximum absolute atomic E-state index is 15.1. The Labute approximate surface area is 355 Å². The molecule has 0 bridgehead atoms. The fraction of sp³-hybridized carbons (Fsp3) is 0.348. The van der Waals surface area contributed by atoms with Crippen LogP contribution in [0.4, 0.5) is 25.8 Å². The molecule has 5 aliphatic rings. The van der Waals surface area contributed by atoms with Crippen LogP contribution in [0.1, 0.15) is 40.7 Å². The predicted octanol–water partition coefficient (Wildman–Crippen LogP) is 4.76. The van der Waals surface area contributed by atoms with E-state index in [4.69, 9.17) is 4.74 Å². The van der Waals surface area contributed by atoms with Gasteiger partial charge in [0.25, 0.3) is 11.5 Å². The van der Waals surface area contributed by atoms with Crippen molar-refractivity contribution >= 4 is 45.7 Å². The first-order chi connectivity index (χ1) is 30.1. The minimum absolute atomic E-state index is 0.0357. The number of halogens is 2. The molecule has 2 atom stereocenters. The van der Waals surface area contributed by atoms with Gasteiger partial charge >= 0.3 is 0 Å². The molecule has 14 nitrogen and oxygen atoms in total. The molecule has 1 aromatic heterocycles. The Hall–Kier alpha value is -6.86. The van der Waals surface area contributed by atoms with Crippen molar-refractivity contribution < 1.29 is 27.9 Å². The lowest BCUT2D eigenvalue weighted by Gasteiger charge is -2.45. The summed E-state index contributed by atoms with van der Waals surface area (Å²) in [7, 11) is 0. The molecule has 0 saturated carbocycles. The normalized spacial score (nSPS) is 20.7. The molecule has 4 saturated heterocycles. The number of piperidine rings is 1. The van der Waals surface area contributed by atoms with E-state index in [0.29, 0.717) is 54.3 Å². The van der Waals surface area contributed by atoms with Crippen LogP contribution in [0, 0.1) is 23.1 Å². The minimum Gasteiger partial charge on any atom is -0.453 e. The number of nitriles is 1. The van der Waals surface area contributed by atoms with E-state index in [1.54, 1.807) is 21.9 Å². The summed E-state index contributed by atoms with van der Waals surface area (Å²) >= 11 is 0. The predicted molar refractivity (Wildman–Crippen MR) is 227 cm³/mol. The van der Waals surface area contributed by atoms with Crippen molar-refractivity contribution in [3.05, 3.63) is 112 Å². The summed E-state index contributed by atoms with van der Waals surface area (Å²) in [6, 6.07) is 22.4. The Morgan fingerprint density at radius 3 is 2.34 bits per heavy atom. The van der Waals surface area contributed by atoms with E-state index < -0.39 is 23.9 Å². The lowest BCUT2D eigenvalue weighted by Crippen LogP contribution is -2.55. The summed E-state index contributed by atoms with van der Waals surface area (Å²) in [5.74, 6) is -1.19. The van der Waals surface area contributed by atoms with Gasteiger partial charge in [-0.05, 0) is 91.2 Å². The summed E-state index contributed by atoms with van der Waals surface area (Å²) in [6.07, 6.45) is 1.36. The molecule has 3 amide bonds. The first kappa shape index (κ1) is 39.3. The van der Waals surface area contributed by atoms with Crippen molar-refractivity contribution in [1.82, 2.24) is 24.7 Å². The second-order valence-electron chi connectivity index (χ2n) is 16.7. The Kier molecular flexibility index (Phi) is 10.1. The van der Waals surface area contributed by atoms with Crippen molar-refractivity contribution in [3.63, 3.8) is 0 Å². The van der Waals surface area contributed by atoms with E-state index in [0.717, 1.165) is 62.8 Å². The smallest absolute Gasteiger partial charge is 0.265 e. The molecule has 6 heterocycles. The van der Waals surface area contributed by atoms with Gasteiger partial charge in [0.15, 0.2) is 11.6 Å². The SMILES string of the molecule is N#Cc1c(N2CC[C@H](F)C2)ccc(F)c1Oc1ccc2ncn(-c3ccc(N4CCN(CC5CN(c6ccc7c(c6)CN([C@@H]6CCC(=O)NC6=O)C7=O)C5)CC4)cc3)c(=O)c2c1. The van der Waals surface area contributed by atoms with Gasteiger partial charge in [0.2, 0.25) is 11.8 Å². The van der Waals surface area contributed by atoms with Crippen LogP contribution >= 0.6 is 0 Å². The zero-order valence-electron chi connectivity index (χ0n) is 33.8. The number of rotatable bonds is 9. The topological polar surface area (TPSA) is 147 Å². The van der Waals surface area contributed by atoms with Crippen molar-refractivity contribution in [2.24, 2.45) is 5.92 Å². The van der Waals surface area contributed by atoms with Gasteiger partial charge < -0.3 is 24.3 Å². The number of ether oxygens (including phenoxy) is 1. The van der Waals surface area contributed by atoms with Crippen molar-refractivity contribution in [2.45, 2.75) is 38.0 Å². The number of carbonyl (C=O) groups excluding carboxylic acids is 3. The van der Waals surface area contributed by atoms with Gasteiger partial charge in [-0.3, -0.25) is 34.0 Å². The first-order valence-electron chi connectivity index (χ1n) is 21.0. The maximum atomic E-state index is 15.1. The number of nitrogens with one attached hydrogen (secondary N) is 1. The average Bonchev–Trinajstić information content (AvgIpc) is 3.85. The monoisotopic (exact) mass is 839 g/mol. The number of anilines is 3. The Bertz CT molecular complexity index is 2720. The van der Waals surface area contributed by atoms with E-state index in [2.05, 4.69) is 31.1 Å². The van der Waals surface area contributed by atoms with E-state index in [1.165, 1.54) is 29.1 Å². The van der Waals surface area contributed by atoms with E-state index in [-0.39, 0.29) is 52.8 Å². The largest absolute Gasteiger partial charge is 0.453 e. The minimum atomic E-state index is -1.03. The third kappa shape index (κ3) is 7.25. The molecule has 316 valence electrons. The average molecular weight is 840 g/mol. The molecule has 0 spiro atoms. The summed E-state index contributed by atoms with van der Waals surface area (Å²) in [4.78, 5) is 65.9. The highest BCUT2D eigenvalue weighted by Gasteiger charge is 2.40. The van der Waals surface area contributed by atoms with Crippen molar-refractivity contribution in [2.75, 3.05) is 73.6 Å². The summed E-state index contributed by atoms with van der Waals surface area (Å²) in [5, 5.41) is 12.6. The molecule has 4 aromatic carbocycles. The number of fused-ring (bicyclic) bond motifs is 2. The van der Waals surface area contributed by atoms with Crippen LogP contribution in [0.5, 0.6) is 11.5 Å². The van der Waals surface area contributed by atoms with Crippen molar-refractivity contribution in [3.8, 4) is 23.3 Å². The van der Waals surface area contributed by atoms with Crippen molar-refractivity contribution in [1.29, 1.82) is 5.26 Å². The second-order valence-corrected chi connectivity index (χ2v) is 16.7. The first-order valence-corrected chi connectivity index (χ1v) is 21.0. The Morgan fingerprint density at radius 1 is 0.823 bits per heavy atom. The van der Waals surface area contributed by atoms with E-state index in [1.807, 2.05) is 42.5 Å². The molecular formula is C46H43F2N9O5. The quantitative estimate of drug-likeness (QED) is 0.205. The van der Waals surface area contributed by atoms with Gasteiger partial charge in [0, 0.05) is 94.7 Å². The standard InChI is InChI=1S/C46H43F2N9O5/c47-30-13-14-54(26-30)40-10-8-38(48)43(37(40)21-49)62-34-6-9-39-36(20-34)46(61)57(27-50-39)32-3-1-31(2-4-32)53-17-15-52(16-18-53)22-28-23-55(24-28)33-5-7-35-29(19-33)25-56(45(35)60)41-11-12-42(58)51-44(41)59/h1-10,19-20,27-28,30,41H,11-18,22-26H2,(H,51,58,59)/t30-,41+/m0/s1.